The lowest BCUT2D eigenvalue weighted by atomic mass is 10.00. The molecule has 0 saturated carbocycles. The second-order valence-corrected chi connectivity index (χ2v) is 4.78. The van der Waals surface area contributed by atoms with E-state index in [1.54, 1.807) is 12.1 Å². The Bertz CT molecular complexity index is 549. The smallest absolute Gasteiger partial charge is 0.117 e. The zero-order valence-corrected chi connectivity index (χ0v) is 11.1. The number of benzene rings is 2. The number of rotatable bonds is 3. The Labute approximate surface area is 108 Å². The molecule has 2 aromatic rings. The Hall–Kier alpha value is -1.96. The highest BCUT2D eigenvalue weighted by atomic mass is 16.3. The van der Waals surface area contributed by atoms with Crippen LogP contribution < -0.4 is 5.32 Å². The summed E-state index contributed by atoms with van der Waals surface area (Å²) >= 11 is 0. The van der Waals surface area contributed by atoms with Crippen molar-refractivity contribution in [2.45, 2.75) is 26.8 Å². The van der Waals surface area contributed by atoms with Gasteiger partial charge in [0, 0.05) is 17.8 Å². The summed E-state index contributed by atoms with van der Waals surface area (Å²) in [6, 6.07) is 13.9. The van der Waals surface area contributed by atoms with E-state index in [4.69, 9.17) is 0 Å². The number of anilines is 1. The predicted octanol–water partition coefficient (Wildman–Crippen LogP) is 4.18. The van der Waals surface area contributed by atoms with Crippen LogP contribution in [0.4, 0.5) is 5.69 Å². The quantitative estimate of drug-likeness (QED) is 0.844. The SMILES string of the molecule is Cc1ccc(C(C)Nc2cccc(O)c2)c(C)c1. The lowest BCUT2D eigenvalue weighted by molar-refractivity contribution is 0.475. The molecule has 0 aliphatic carbocycles. The summed E-state index contributed by atoms with van der Waals surface area (Å²) in [5.41, 5.74) is 4.78. The highest BCUT2D eigenvalue weighted by Gasteiger charge is 2.08. The van der Waals surface area contributed by atoms with Gasteiger partial charge in [-0.15, -0.1) is 0 Å². The molecule has 1 atom stereocenters. The van der Waals surface area contributed by atoms with Gasteiger partial charge in [0.15, 0.2) is 0 Å². The first-order valence-electron chi connectivity index (χ1n) is 6.19. The number of phenols is 1. The van der Waals surface area contributed by atoms with E-state index >= 15 is 0 Å². The van der Waals surface area contributed by atoms with Crippen molar-refractivity contribution in [2.24, 2.45) is 0 Å². The van der Waals surface area contributed by atoms with Crippen LogP contribution in [-0.2, 0) is 0 Å². The summed E-state index contributed by atoms with van der Waals surface area (Å²) in [5.74, 6) is 0.285. The van der Waals surface area contributed by atoms with Crippen molar-refractivity contribution in [1.82, 2.24) is 0 Å². The number of hydrogen-bond acceptors (Lipinski definition) is 2. The number of aromatic hydroxyl groups is 1. The van der Waals surface area contributed by atoms with Gasteiger partial charge in [0.2, 0.25) is 0 Å². The molecule has 1 unspecified atom stereocenters. The molecular weight excluding hydrogens is 222 g/mol. The topological polar surface area (TPSA) is 32.3 Å². The molecule has 0 aliphatic rings. The second kappa shape index (κ2) is 5.13. The van der Waals surface area contributed by atoms with Crippen LogP contribution in [0.5, 0.6) is 5.75 Å². The third kappa shape index (κ3) is 2.83. The molecule has 0 spiro atoms. The summed E-state index contributed by atoms with van der Waals surface area (Å²) in [6.07, 6.45) is 0. The predicted molar refractivity (Wildman–Crippen MR) is 76.1 cm³/mol. The number of aryl methyl sites for hydroxylation is 2. The molecule has 0 heterocycles. The first-order valence-corrected chi connectivity index (χ1v) is 6.19. The van der Waals surface area contributed by atoms with Crippen molar-refractivity contribution in [3.05, 3.63) is 59.2 Å². The van der Waals surface area contributed by atoms with Gasteiger partial charge in [0.25, 0.3) is 0 Å². The second-order valence-electron chi connectivity index (χ2n) is 4.78. The fraction of sp³-hybridized carbons (Fsp3) is 0.250. The van der Waals surface area contributed by atoms with Crippen molar-refractivity contribution in [1.29, 1.82) is 0 Å². The lowest BCUT2D eigenvalue weighted by Crippen LogP contribution is -2.08. The molecule has 0 radical (unpaired) electrons. The number of phenolic OH excluding ortho intramolecular Hbond substituents is 1. The van der Waals surface area contributed by atoms with Crippen LogP contribution >= 0.6 is 0 Å². The minimum atomic E-state index is 0.215. The van der Waals surface area contributed by atoms with Gasteiger partial charge >= 0.3 is 0 Å². The monoisotopic (exact) mass is 241 g/mol. The third-order valence-corrected chi connectivity index (χ3v) is 3.12. The Morgan fingerprint density at radius 3 is 2.50 bits per heavy atom. The van der Waals surface area contributed by atoms with Crippen LogP contribution in [0.2, 0.25) is 0 Å². The average molecular weight is 241 g/mol. The maximum atomic E-state index is 9.45. The summed E-state index contributed by atoms with van der Waals surface area (Å²) in [7, 11) is 0. The van der Waals surface area contributed by atoms with Crippen molar-refractivity contribution < 1.29 is 5.11 Å². The maximum Gasteiger partial charge on any atom is 0.117 e. The highest BCUT2D eigenvalue weighted by molar-refractivity contribution is 5.50. The molecule has 0 aromatic heterocycles. The lowest BCUT2D eigenvalue weighted by Gasteiger charge is -2.18. The fourth-order valence-corrected chi connectivity index (χ4v) is 2.23. The average Bonchev–Trinajstić information content (AvgIpc) is 2.28. The first kappa shape index (κ1) is 12.5. The summed E-state index contributed by atoms with van der Waals surface area (Å²) in [6.45, 7) is 6.36. The minimum absolute atomic E-state index is 0.215. The minimum Gasteiger partial charge on any atom is -0.508 e. The standard InChI is InChI=1S/C16H19NO/c1-11-7-8-16(12(2)9-11)13(3)17-14-5-4-6-15(18)10-14/h4-10,13,17-18H,1-3H3. The summed E-state index contributed by atoms with van der Waals surface area (Å²) in [5, 5.41) is 12.8. The molecule has 2 aromatic carbocycles. The van der Waals surface area contributed by atoms with Gasteiger partial charge in [-0.2, -0.15) is 0 Å². The first-order chi connectivity index (χ1) is 8.56. The molecular formula is C16H19NO. The van der Waals surface area contributed by atoms with Gasteiger partial charge in [-0.25, -0.2) is 0 Å². The molecule has 2 heteroatoms. The normalized spacial score (nSPS) is 12.2. The van der Waals surface area contributed by atoms with Crippen molar-refractivity contribution in [3.63, 3.8) is 0 Å². The van der Waals surface area contributed by atoms with Gasteiger partial charge in [-0.1, -0.05) is 29.8 Å². The number of nitrogens with one attached hydrogen (secondary N) is 1. The van der Waals surface area contributed by atoms with E-state index < -0.39 is 0 Å². The Balaban J connectivity index is 2.19. The van der Waals surface area contributed by atoms with Gasteiger partial charge in [-0.3, -0.25) is 0 Å². The van der Waals surface area contributed by atoms with Crippen LogP contribution in [0.15, 0.2) is 42.5 Å². The Morgan fingerprint density at radius 1 is 1.06 bits per heavy atom. The Kier molecular flexibility index (Phi) is 3.56. The zero-order valence-electron chi connectivity index (χ0n) is 11.1. The van der Waals surface area contributed by atoms with Gasteiger partial charge in [-0.05, 0) is 44.0 Å². The van der Waals surface area contributed by atoms with Crippen LogP contribution in [0.1, 0.15) is 29.7 Å². The van der Waals surface area contributed by atoms with Crippen molar-refractivity contribution >= 4 is 5.69 Å². The molecule has 0 bridgehead atoms. The molecule has 2 N–H and O–H groups in total. The number of hydrogen-bond donors (Lipinski definition) is 2. The van der Waals surface area contributed by atoms with Crippen molar-refractivity contribution in [2.75, 3.05) is 5.32 Å². The van der Waals surface area contributed by atoms with Gasteiger partial charge < -0.3 is 10.4 Å². The van der Waals surface area contributed by atoms with Crippen LogP contribution in [0, 0.1) is 13.8 Å². The van der Waals surface area contributed by atoms with E-state index in [-0.39, 0.29) is 11.8 Å². The maximum absolute atomic E-state index is 9.45. The van der Waals surface area contributed by atoms with Gasteiger partial charge in [0.1, 0.15) is 5.75 Å². The third-order valence-electron chi connectivity index (χ3n) is 3.12. The van der Waals surface area contributed by atoms with E-state index in [0.29, 0.717) is 0 Å². The molecule has 0 saturated heterocycles. The van der Waals surface area contributed by atoms with Crippen LogP contribution in [0.25, 0.3) is 0 Å². The summed E-state index contributed by atoms with van der Waals surface area (Å²) < 4.78 is 0. The van der Waals surface area contributed by atoms with Crippen LogP contribution in [0.3, 0.4) is 0 Å². The molecule has 94 valence electrons. The largest absolute Gasteiger partial charge is 0.508 e. The molecule has 2 rings (SSSR count). The molecule has 0 fully saturated rings. The fourth-order valence-electron chi connectivity index (χ4n) is 2.23. The Morgan fingerprint density at radius 2 is 1.83 bits per heavy atom. The van der Waals surface area contributed by atoms with Crippen molar-refractivity contribution in [3.8, 4) is 5.75 Å². The van der Waals surface area contributed by atoms with E-state index in [1.807, 2.05) is 12.1 Å². The molecule has 2 nitrogen and oxygen atoms in total. The zero-order chi connectivity index (χ0) is 13.1. The van der Waals surface area contributed by atoms with Gasteiger partial charge in [0.05, 0.1) is 0 Å². The molecule has 0 aliphatic heterocycles. The molecule has 18 heavy (non-hydrogen) atoms. The van der Waals surface area contributed by atoms with E-state index in [2.05, 4.69) is 44.3 Å². The highest BCUT2D eigenvalue weighted by Crippen LogP contribution is 2.24. The van der Waals surface area contributed by atoms with E-state index in [1.165, 1.54) is 16.7 Å². The van der Waals surface area contributed by atoms with Crippen LogP contribution in [-0.4, -0.2) is 5.11 Å². The summed E-state index contributed by atoms with van der Waals surface area (Å²) in [4.78, 5) is 0. The molecule has 0 amide bonds. The van der Waals surface area contributed by atoms with E-state index in [0.717, 1.165) is 5.69 Å². The van der Waals surface area contributed by atoms with E-state index in [9.17, 15) is 5.11 Å².